The molecule has 2 heterocycles. The van der Waals surface area contributed by atoms with Crippen molar-refractivity contribution in [2.24, 2.45) is 0 Å². The first-order chi connectivity index (χ1) is 13.1. The molecule has 1 aliphatic rings. The molecule has 2 aromatic rings. The predicted octanol–water partition coefficient (Wildman–Crippen LogP) is 3.13. The molecule has 0 unspecified atom stereocenters. The van der Waals surface area contributed by atoms with E-state index in [2.05, 4.69) is 20.3 Å². The topological polar surface area (TPSA) is 63.2 Å². The third-order valence-electron chi connectivity index (χ3n) is 4.19. The number of aryl methyl sites for hydroxylation is 1. The lowest BCUT2D eigenvalue weighted by Gasteiger charge is -2.29. The number of benzene rings is 1. The summed E-state index contributed by atoms with van der Waals surface area (Å²) in [5, 5.41) is 2.95. The maximum atomic E-state index is 14.8. The average Bonchev–Trinajstić information content (AvgIpc) is 2.67. The van der Waals surface area contributed by atoms with Crippen molar-refractivity contribution in [2.75, 3.05) is 43.6 Å². The number of aromatic nitrogens is 3. The predicted molar refractivity (Wildman–Crippen MR) is 100 cm³/mol. The summed E-state index contributed by atoms with van der Waals surface area (Å²) in [5.74, 6) is -0.763. The van der Waals surface area contributed by atoms with Crippen LogP contribution in [0.5, 0.6) is 0 Å². The van der Waals surface area contributed by atoms with Gasteiger partial charge >= 0.3 is 0 Å². The highest BCUT2D eigenvalue weighted by atomic mass is 19.1. The summed E-state index contributed by atoms with van der Waals surface area (Å²) in [5.41, 5.74) is 1.29. The van der Waals surface area contributed by atoms with Gasteiger partial charge in [-0.25, -0.2) is 13.8 Å². The first kappa shape index (κ1) is 18.9. The van der Waals surface area contributed by atoms with E-state index < -0.39 is 11.6 Å². The van der Waals surface area contributed by atoms with Crippen LogP contribution in [-0.4, -0.2) is 48.3 Å². The Bertz CT molecular complexity index is 847. The van der Waals surface area contributed by atoms with Crippen LogP contribution >= 0.6 is 0 Å². The fraction of sp³-hybridized carbons (Fsp3) is 0.316. The van der Waals surface area contributed by atoms with Crippen LogP contribution in [0.25, 0.3) is 11.3 Å². The summed E-state index contributed by atoms with van der Waals surface area (Å²) < 4.78 is 34.8. The van der Waals surface area contributed by atoms with E-state index in [-0.39, 0.29) is 5.69 Å². The molecule has 1 saturated heterocycles. The van der Waals surface area contributed by atoms with Gasteiger partial charge in [0, 0.05) is 44.3 Å². The molecular weight excluding hydrogens is 352 g/mol. The molecule has 0 atom stereocenters. The summed E-state index contributed by atoms with van der Waals surface area (Å²) in [6, 6.07) is 4.18. The van der Waals surface area contributed by atoms with Gasteiger partial charge in [0.25, 0.3) is 0 Å². The number of morpholine rings is 1. The highest BCUT2D eigenvalue weighted by molar-refractivity contribution is 5.65. The molecule has 142 valence electrons. The molecule has 27 heavy (non-hydrogen) atoms. The normalized spacial score (nSPS) is 13.9. The van der Waals surface area contributed by atoms with Gasteiger partial charge in [-0.15, -0.1) is 0 Å². The summed E-state index contributed by atoms with van der Waals surface area (Å²) in [6.07, 6.45) is 4.58. The maximum absolute atomic E-state index is 14.8. The van der Waals surface area contributed by atoms with Gasteiger partial charge in [-0.2, -0.15) is 0 Å². The first-order valence-corrected chi connectivity index (χ1v) is 8.62. The quantitative estimate of drug-likeness (QED) is 0.892. The van der Waals surface area contributed by atoms with E-state index in [1.54, 1.807) is 31.1 Å². The second kappa shape index (κ2) is 8.68. The standard InChI is InChI=1S/C19H21F2N5O/c1-13-19(22-2)25-17(3-4-23-5-6-24-13)14-11-15(20)18(16(21)12-14)26-7-9-27-10-8-26/h3-6,11-12H,7-10H2,1-2H3,(H,22,25). The smallest absolute Gasteiger partial charge is 0.150 e. The van der Waals surface area contributed by atoms with Crippen LogP contribution in [0.15, 0.2) is 36.8 Å². The van der Waals surface area contributed by atoms with Gasteiger partial charge in [0.1, 0.15) is 23.1 Å². The van der Waals surface area contributed by atoms with Crippen molar-refractivity contribution in [3.05, 3.63) is 54.1 Å². The van der Waals surface area contributed by atoms with E-state index in [0.717, 1.165) is 0 Å². The number of halogens is 2. The summed E-state index contributed by atoms with van der Waals surface area (Å²) in [6.45, 7) is 3.58. The van der Waals surface area contributed by atoms with Gasteiger partial charge in [0.2, 0.25) is 0 Å². The van der Waals surface area contributed by atoms with Gasteiger partial charge in [0.05, 0.1) is 24.6 Å². The average molecular weight is 373 g/mol. The Kier molecular flexibility index (Phi) is 6.08. The number of hydrogen-bond donors (Lipinski definition) is 1. The molecule has 1 fully saturated rings. The van der Waals surface area contributed by atoms with Gasteiger partial charge in [-0.05, 0) is 25.1 Å². The van der Waals surface area contributed by atoms with Crippen molar-refractivity contribution in [1.29, 1.82) is 0 Å². The van der Waals surface area contributed by atoms with E-state index >= 15 is 0 Å². The Morgan fingerprint density at radius 3 is 2.44 bits per heavy atom. The molecule has 8 heteroatoms. The zero-order valence-electron chi connectivity index (χ0n) is 15.2. The largest absolute Gasteiger partial charge is 0.378 e. The first-order valence-electron chi connectivity index (χ1n) is 8.62. The lowest BCUT2D eigenvalue weighted by Crippen LogP contribution is -2.37. The van der Waals surface area contributed by atoms with E-state index in [1.165, 1.54) is 24.5 Å². The SMILES string of the molecule is CNc1nc(-c2cc(F)c(N3CCOCC3)c(F)c2)ccnccnc1C. The lowest BCUT2D eigenvalue weighted by molar-refractivity contribution is 0.122. The third-order valence-corrected chi connectivity index (χ3v) is 4.19. The van der Waals surface area contributed by atoms with Crippen molar-refractivity contribution in [2.45, 2.75) is 6.92 Å². The van der Waals surface area contributed by atoms with E-state index in [9.17, 15) is 8.78 Å². The summed E-state index contributed by atoms with van der Waals surface area (Å²) >= 11 is 0. The fourth-order valence-corrected chi connectivity index (χ4v) is 2.85. The minimum Gasteiger partial charge on any atom is -0.378 e. The Morgan fingerprint density at radius 2 is 1.78 bits per heavy atom. The molecule has 0 saturated carbocycles. The molecule has 1 aliphatic heterocycles. The van der Waals surface area contributed by atoms with Crippen LogP contribution in [-0.2, 0) is 4.74 Å². The molecule has 0 amide bonds. The number of nitrogens with one attached hydrogen (secondary N) is 1. The lowest BCUT2D eigenvalue weighted by atomic mass is 10.1. The van der Waals surface area contributed by atoms with Crippen LogP contribution in [0.4, 0.5) is 20.3 Å². The molecule has 0 radical (unpaired) electrons. The number of anilines is 2. The molecule has 1 aromatic carbocycles. The fourth-order valence-electron chi connectivity index (χ4n) is 2.85. The third kappa shape index (κ3) is 4.46. The van der Waals surface area contributed by atoms with Crippen LogP contribution in [0.2, 0.25) is 0 Å². The molecular formula is C19H21F2N5O. The second-order valence-electron chi connectivity index (χ2n) is 5.96. The number of hydrogen-bond acceptors (Lipinski definition) is 6. The molecule has 1 N–H and O–H groups in total. The van der Waals surface area contributed by atoms with Crippen LogP contribution < -0.4 is 10.2 Å². The minimum absolute atomic E-state index is 0.0327. The van der Waals surface area contributed by atoms with Crippen molar-refractivity contribution in [3.8, 4) is 11.3 Å². The Hall–Kier alpha value is -2.87. The Balaban J connectivity index is 2.11. The molecule has 0 spiro atoms. The number of ether oxygens (including phenoxy) is 1. The highest BCUT2D eigenvalue weighted by Crippen LogP contribution is 2.29. The molecule has 3 rings (SSSR count). The minimum atomic E-state index is -0.631. The summed E-state index contributed by atoms with van der Waals surface area (Å²) in [4.78, 5) is 14.4. The molecule has 6 nitrogen and oxygen atoms in total. The zero-order valence-corrected chi connectivity index (χ0v) is 15.2. The summed E-state index contributed by atoms with van der Waals surface area (Å²) in [7, 11) is 1.71. The van der Waals surface area contributed by atoms with Crippen LogP contribution in [0, 0.1) is 18.6 Å². The molecule has 0 bridgehead atoms. The van der Waals surface area contributed by atoms with Crippen LogP contribution in [0.1, 0.15) is 5.69 Å². The number of rotatable bonds is 3. The van der Waals surface area contributed by atoms with Crippen molar-refractivity contribution >= 4 is 11.5 Å². The molecule has 0 aliphatic carbocycles. The molecule has 1 aromatic heterocycles. The second-order valence-corrected chi connectivity index (χ2v) is 5.96. The van der Waals surface area contributed by atoms with Gasteiger partial charge in [-0.3, -0.25) is 9.97 Å². The van der Waals surface area contributed by atoms with Gasteiger partial charge in [0.15, 0.2) is 0 Å². The maximum Gasteiger partial charge on any atom is 0.150 e. The highest BCUT2D eigenvalue weighted by Gasteiger charge is 2.20. The van der Waals surface area contributed by atoms with E-state index in [0.29, 0.717) is 49.1 Å². The van der Waals surface area contributed by atoms with Crippen LogP contribution in [0.3, 0.4) is 0 Å². The van der Waals surface area contributed by atoms with E-state index in [4.69, 9.17) is 4.74 Å². The van der Waals surface area contributed by atoms with Crippen molar-refractivity contribution in [1.82, 2.24) is 15.0 Å². The number of nitrogens with zero attached hydrogens (tertiary/aromatic N) is 4. The van der Waals surface area contributed by atoms with E-state index in [1.807, 2.05) is 0 Å². The Labute approximate surface area is 156 Å². The van der Waals surface area contributed by atoms with Gasteiger partial charge < -0.3 is 15.0 Å². The zero-order chi connectivity index (χ0) is 19.2. The van der Waals surface area contributed by atoms with Gasteiger partial charge in [-0.1, -0.05) is 0 Å². The Morgan fingerprint density at radius 1 is 1.07 bits per heavy atom. The van der Waals surface area contributed by atoms with Crippen molar-refractivity contribution < 1.29 is 13.5 Å². The van der Waals surface area contributed by atoms with Crippen molar-refractivity contribution in [3.63, 3.8) is 0 Å². The monoisotopic (exact) mass is 373 g/mol.